The molecule has 0 radical (unpaired) electrons. The van der Waals surface area contributed by atoms with Crippen LogP contribution < -0.4 is 5.32 Å². The fraction of sp³-hybridized carbons (Fsp3) is 0.357. The van der Waals surface area contributed by atoms with Gasteiger partial charge in [-0.05, 0) is 23.8 Å². The summed E-state index contributed by atoms with van der Waals surface area (Å²) in [5, 5.41) is 4.25. The van der Waals surface area contributed by atoms with Gasteiger partial charge in [-0.15, -0.1) is 0 Å². The Morgan fingerprint density at radius 2 is 2.33 bits per heavy atom. The maximum absolute atomic E-state index is 12.0. The Morgan fingerprint density at radius 3 is 3.17 bits per heavy atom. The molecule has 94 valence electrons. The molecule has 1 aromatic heterocycles. The van der Waals surface area contributed by atoms with E-state index in [4.69, 9.17) is 0 Å². The predicted octanol–water partition coefficient (Wildman–Crippen LogP) is 2.33. The van der Waals surface area contributed by atoms with E-state index in [2.05, 4.69) is 16.4 Å². The maximum atomic E-state index is 12.0. The fourth-order valence-electron chi connectivity index (χ4n) is 2.38. The second kappa shape index (κ2) is 5.06. The molecule has 1 aliphatic heterocycles. The van der Waals surface area contributed by atoms with Crippen LogP contribution in [0.15, 0.2) is 30.5 Å². The molecule has 1 fully saturated rings. The summed E-state index contributed by atoms with van der Waals surface area (Å²) in [6.45, 7) is 0. The summed E-state index contributed by atoms with van der Waals surface area (Å²) in [6, 6.07) is 8.46. The Bertz CT molecular complexity index is 558. The van der Waals surface area contributed by atoms with Gasteiger partial charge < -0.3 is 10.3 Å². The highest BCUT2D eigenvalue weighted by molar-refractivity contribution is 7.99. The summed E-state index contributed by atoms with van der Waals surface area (Å²) < 4.78 is 0. The quantitative estimate of drug-likeness (QED) is 0.889. The molecule has 2 aromatic rings. The lowest BCUT2D eigenvalue weighted by Gasteiger charge is -2.10. The molecule has 0 spiro atoms. The van der Waals surface area contributed by atoms with Crippen molar-refractivity contribution in [2.75, 3.05) is 11.5 Å². The van der Waals surface area contributed by atoms with Gasteiger partial charge in [-0.3, -0.25) is 4.79 Å². The first kappa shape index (κ1) is 11.7. The van der Waals surface area contributed by atoms with Crippen LogP contribution in [-0.2, 0) is 11.2 Å². The van der Waals surface area contributed by atoms with Gasteiger partial charge in [0.05, 0.1) is 6.42 Å². The highest BCUT2D eigenvalue weighted by Gasteiger charge is 2.18. The van der Waals surface area contributed by atoms with Crippen molar-refractivity contribution < 1.29 is 4.79 Å². The van der Waals surface area contributed by atoms with E-state index in [9.17, 15) is 4.79 Å². The number of thioether (sulfide) groups is 1. The average molecular weight is 260 g/mol. The van der Waals surface area contributed by atoms with Crippen LogP contribution in [0.25, 0.3) is 10.9 Å². The standard InChI is InChI=1S/C14H16N2OS/c17-14(16-11-5-6-18-9-11)7-10-8-15-13-4-2-1-3-12(10)13/h1-4,8,11,15H,5-7,9H2,(H,16,17). The minimum Gasteiger partial charge on any atom is -0.361 e. The van der Waals surface area contributed by atoms with Gasteiger partial charge in [-0.2, -0.15) is 11.8 Å². The second-order valence-electron chi connectivity index (χ2n) is 4.66. The van der Waals surface area contributed by atoms with E-state index in [0.717, 1.165) is 34.4 Å². The van der Waals surface area contributed by atoms with E-state index < -0.39 is 0 Å². The normalized spacial score (nSPS) is 19.2. The molecular formula is C14H16N2OS. The molecule has 3 nitrogen and oxygen atoms in total. The van der Waals surface area contributed by atoms with Crippen LogP contribution in [0.1, 0.15) is 12.0 Å². The van der Waals surface area contributed by atoms with E-state index >= 15 is 0 Å². The molecule has 0 aliphatic carbocycles. The van der Waals surface area contributed by atoms with Gasteiger partial charge in [-0.25, -0.2) is 0 Å². The molecule has 1 unspecified atom stereocenters. The van der Waals surface area contributed by atoms with Gasteiger partial charge >= 0.3 is 0 Å². The number of nitrogens with one attached hydrogen (secondary N) is 2. The van der Waals surface area contributed by atoms with Crippen LogP contribution in [0.5, 0.6) is 0 Å². The van der Waals surface area contributed by atoms with Crippen LogP contribution >= 0.6 is 11.8 Å². The molecule has 0 saturated carbocycles. The number of fused-ring (bicyclic) bond motifs is 1. The van der Waals surface area contributed by atoms with Crippen LogP contribution in [-0.4, -0.2) is 28.4 Å². The van der Waals surface area contributed by atoms with Crippen LogP contribution in [0.4, 0.5) is 0 Å². The maximum Gasteiger partial charge on any atom is 0.224 e. The molecule has 1 amide bonds. The molecule has 2 N–H and O–H groups in total. The van der Waals surface area contributed by atoms with Crippen LogP contribution in [0.2, 0.25) is 0 Å². The topological polar surface area (TPSA) is 44.9 Å². The Kier molecular flexibility index (Phi) is 3.28. The summed E-state index contributed by atoms with van der Waals surface area (Å²) in [5.74, 6) is 2.35. The van der Waals surface area contributed by atoms with Gasteiger partial charge in [0, 0.05) is 28.9 Å². The number of hydrogen-bond donors (Lipinski definition) is 2. The number of aromatic amines is 1. The lowest BCUT2D eigenvalue weighted by atomic mass is 10.1. The van der Waals surface area contributed by atoms with Crippen molar-refractivity contribution in [1.82, 2.24) is 10.3 Å². The number of rotatable bonds is 3. The van der Waals surface area contributed by atoms with Crippen molar-refractivity contribution >= 4 is 28.6 Å². The molecule has 1 atom stereocenters. The number of benzene rings is 1. The molecule has 1 aliphatic rings. The third-order valence-corrected chi connectivity index (χ3v) is 4.48. The molecule has 1 aromatic carbocycles. The summed E-state index contributed by atoms with van der Waals surface area (Å²) in [5.41, 5.74) is 2.17. The smallest absolute Gasteiger partial charge is 0.224 e. The zero-order chi connectivity index (χ0) is 12.4. The zero-order valence-electron chi connectivity index (χ0n) is 10.1. The monoisotopic (exact) mass is 260 g/mol. The molecule has 1 saturated heterocycles. The number of carbonyl (C=O) groups excluding carboxylic acids is 1. The third-order valence-electron chi connectivity index (χ3n) is 3.32. The molecule has 4 heteroatoms. The summed E-state index contributed by atoms with van der Waals surface area (Å²) in [7, 11) is 0. The third kappa shape index (κ3) is 2.38. The van der Waals surface area contributed by atoms with Gasteiger partial charge in [0.2, 0.25) is 5.91 Å². The largest absolute Gasteiger partial charge is 0.361 e. The lowest BCUT2D eigenvalue weighted by Crippen LogP contribution is -2.35. The van der Waals surface area contributed by atoms with Gasteiger partial charge in [-0.1, -0.05) is 18.2 Å². The SMILES string of the molecule is O=C(Cc1c[nH]c2ccccc12)NC1CCSC1. The zero-order valence-corrected chi connectivity index (χ0v) is 10.9. The van der Waals surface area contributed by atoms with Crippen molar-refractivity contribution in [3.05, 3.63) is 36.0 Å². The highest BCUT2D eigenvalue weighted by Crippen LogP contribution is 2.19. The van der Waals surface area contributed by atoms with E-state index in [1.165, 1.54) is 0 Å². The average Bonchev–Trinajstić information content (AvgIpc) is 3.00. The first-order valence-corrected chi connectivity index (χ1v) is 7.40. The number of amides is 1. The highest BCUT2D eigenvalue weighted by atomic mass is 32.2. The molecule has 2 heterocycles. The van der Waals surface area contributed by atoms with E-state index in [1.54, 1.807) is 0 Å². The van der Waals surface area contributed by atoms with Crippen molar-refractivity contribution in [2.45, 2.75) is 18.9 Å². The van der Waals surface area contributed by atoms with Crippen molar-refractivity contribution in [3.63, 3.8) is 0 Å². The van der Waals surface area contributed by atoms with E-state index in [-0.39, 0.29) is 5.91 Å². The van der Waals surface area contributed by atoms with E-state index in [1.807, 2.05) is 36.2 Å². The Hall–Kier alpha value is -1.42. The van der Waals surface area contributed by atoms with Crippen molar-refractivity contribution in [2.24, 2.45) is 0 Å². The number of aromatic nitrogens is 1. The predicted molar refractivity (Wildman–Crippen MR) is 75.9 cm³/mol. The molecule has 3 rings (SSSR count). The first-order valence-electron chi connectivity index (χ1n) is 6.25. The molecular weight excluding hydrogens is 244 g/mol. The lowest BCUT2D eigenvalue weighted by molar-refractivity contribution is -0.120. The van der Waals surface area contributed by atoms with Gasteiger partial charge in [0.1, 0.15) is 0 Å². The molecule has 0 bridgehead atoms. The summed E-state index contributed by atoms with van der Waals surface area (Å²) in [6.07, 6.45) is 3.50. The minimum atomic E-state index is 0.132. The Balaban J connectivity index is 1.70. The minimum absolute atomic E-state index is 0.132. The van der Waals surface area contributed by atoms with Crippen molar-refractivity contribution in [1.29, 1.82) is 0 Å². The number of hydrogen-bond acceptors (Lipinski definition) is 2. The number of para-hydroxylation sites is 1. The van der Waals surface area contributed by atoms with Gasteiger partial charge in [0.15, 0.2) is 0 Å². The second-order valence-corrected chi connectivity index (χ2v) is 5.81. The molecule has 18 heavy (non-hydrogen) atoms. The Morgan fingerprint density at radius 1 is 1.44 bits per heavy atom. The summed E-state index contributed by atoms with van der Waals surface area (Å²) >= 11 is 1.91. The van der Waals surface area contributed by atoms with Gasteiger partial charge in [0.25, 0.3) is 0 Å². The van der Waals surface area contributed by atoms with E-state index in [0.29, 0.717) is 12.5 Å². The number of carbonyl (C=O) groups is 1. The van der Waals surface area contributed by atoms with Crippen LogP contribution in [0, 0.1) is 0 Å². The number of H-pyrrole nitrogens is 1. The Labute approximate surface area is 110 Å². The first-order chi connectivity index (χ1) is 8.83. The fourth-order valence-corrected chi connectivity index (χ4v) is 3.53. The van der Waals surface area contributed by atoms with Crippen molar-refractivity contribution in [3.8, 4) is 0 Å². The van der Waals surface area contributed by atoms with Crippen LogP contribution in [0.3, 0.4) is 0 Å². The summed E-state index contributed by atoms with van der Waals surface area (Å²) in [4.78, 5) is 15.2.